The normalized spacial score (nSPS) is 19.8. The minimum atomic E-state index is -4.77. The van der Waals surface area contributed by atoms with Crippen LogP contribution in [0.3, 0.4) is 0 Å². The molecule has 0 amide bonds. The van der Waals surface area contributed by atoms with Gasteiger partial charge >= 0.3 is 6.18 Å². The van der Waals surface area contributed by atoms with Crippen LogP contribution in [0.2, 0.25) is 0 Å². The van der Waals surface area contributed by atoms with Gasteiger partial charge in [-0.05, 0) is 25.7 Å². The lowest BCUT2D eigenvalue weighted by Crippen LogP contribution is -2.49. The van der Waals surface area contributed by atoms with E-state index in [1.54, 1.807) is 13.8 Å². The molecule has 0 fully saturated rings. The lowest BCUT2D eigenvalue weighted by molar-refractivity contribution is -0.374. The topological polar surface area (TPSA) is 29.5 Å². The Labute approximate surface area is 88.4 Å². The molecular formula is C10H19F3O2. The van der Waals surface area contributed by atoms with Gasteiger partial charge in [0.2, 0.25) is 0 Å². The maximum Gasteiger partial charge on any atom is 0.442 e. The molecule has 0 radical (unpaired) electrons. The van der Waals surface area contributed by atoms with Crippen LogP contribution in [-0.4, -0.2) is 23.2 Å². The Hall–Kier alpha value is -0.290. The van der Waals surface area contributed by atoms with Crippen LogP contribution in [0.5, 0.6) is 0 Å². The van der Waals surface area contributed by atoms with Crippen molar-refractivity contribution in [3.63, 3.8) is 0 Å². The average molecular weight is 228 g/mol. The summed E-state index contributed by atoms with van der Waals surface area (Å²) >= 11 is 0. The van der Waals surface area contributed by atoms with Crippen molar-refractivity contribution in [1.29, 1.82) is 0 Å². The standard InChI is InChI=1S/C10H19F3O2/c1-6-8(3,4)7(2)15-9(5,14)10(11,12)13/h7,14H,6H2,1-5H3. The lowest BCUT2D eigenvalue weighted by atomic mass is 9.84. The molecule has 0 aliphatic rings. The summed E-state index contributed by atoms with van der Waals surface area (Å²) < 4.78 is 41.6. The van der Waals surface area contributed by atoms with E-state index in [0.29, 0.717) is 13.3 Å². The third-order valence-electron chi connectivity index (χ3n) is 2.94. The second-order valence-corrected chi connectivity index (χ2v) is 4.58. The first-order valence-corrected chi connectivity index (χ1v) is 4.91. The molecule has 0 aliphatic carbocycles. The first-order valence-electron chi connectivity index (χ1n) is 4.91. The van der Waals surface area contributed by atoms with Crippen molar-refractivity contribution in [1.82, 2.24) is 0 Å². The number of rotatable bonds is 4. The van der Waals surface area contributed by atoms with Gasteiger partial charge in [0.05, 0.1) is 6.10 Å². The number of alkyl halides is 3. The van der Waals surface area contributed by atoms with Crippen LogP contribution in [0.1, 0.15) is 41.0 Å². The maximum atomic E-state index is 12.3. The Morgan fingerprint density at radius 3 is 1.87 bits per heavy atom. The number of hydrogen-bond donors (Lipinski definition) is 1. The lowest BCUT2D eigenvalue weighted by Gasteiger charge is -2.37. The fourth-order valence-corrected chi connectivity index (χ4v) is 0.858. The van der Waals surface area contributed by atoms with Crippen LogP contribution in [0.25, 0.3) is 0 Å². The van der Waals surface area contributed by atoms with Crippen molar-refractivity contribution >= 4 is 0 Å². The molecule has 0 heterocycles. The summed E-state index contributed by atoms with van der Waals surface area (Å²) in [4.78, 5) is 0. The highest BCUT2D eigenvalue weighted by molar-refractivity contribution is 4.79. The van der Waals surface area contributed by atoms with E-state index in [-0.39, 0.29) is 0 Å². The Bertz CT molecular complexity index is 209. The van der Waals surface area contributed by atoms with Gasteiger partial charge in [-0.3, -0.25) is 0 Å². The number of ether oxygens (including phenoxy) is 1. The largest absolute Gasteiger partial charge is 0.442 e. The van der Waals surface area contributed by atoms with Gasteiger partial charge in [0.15, 0.2) is 0 Å². The molecule has 0 bridgehead atoms. The Morgan fingerprint density at radius 2 is 1.60 bits per heavy atom. The molecule has 2 atom stereocenters. The smallest absolute Gasteiger partial charge is 0.359 e. The van der Waals surface area contributed by atoms with E-state index < -0.39 is 23.5 Å². The van der Waals surface area contributed by atoms with E-state index in [4.69, 9.17) is 5.11 Å². The number of aliphatic hydroxyl groups is 1. The molecule has 1 N–H and O–H groups in total. The van der Waals surface area contributed by atoms with Crippen LogP contribution >= 0.6 is 0 Å². The summed E-state index contributed by atoms with van der Waals surface area (Å²) in [6.07, 6.45) is -4.79. The summed E-state index contributed by atoms with van der Waals surface area (Å²) in [5.41, 5.74) is -0.408. The first kappa shape index (κ1) is 14.7. The fourth-order valence-electron chi connectivity index (χ4n) is 0.858. The van der Waals surface area contributed by atoms with Gasteiger partial charge in [-0.15, -0.1) is 0 Å². The zero-order valence-electron chi connectivity index (χ0n) is 9.77. The zero-order valence-corrected chi connectivity index (χ0v) is 9.77. The van der Waals surface area contributed by atoms with Crippen molar-refractivity contribution in [3.8, 4) is 0 Å². The molecule has 0 aromatic rings. The van der Waals surface area contributed by atoms with Gasteiger partial charge in [-0.25, -0.2) is 0 Å². The van der Waals surface area contributed by atoms with Gasteiger partial charge in [0.1, 0.15) is 0 Å². The van der Waals surface area contributed by atoms with E-state index in [0.717, 1.165) is 0 Å². The van der Waals surface area contributed by atoms with Crippen LogP contribution < -0.4 is 0 Å². The highest BCUT2D eigenvalue weighted by atomic mass is 19.4. The predicted molar refractivity (Wildman–Crippen MR) is 51.3 cm³/mol. The van der Waals surface area contributed by atoms with Crippen molar-refractivity contribution in [3.05, 3.63) is 0 Å². The molecule has 0 spiro atoms. The van der Waals surface area contributed by atoms with Gasteiger partial charge < -0.3 is 9.84 Å². The Balaban J connectivity index is 4.61. The van der Waals surface area contributed by atoms with Crippen LogP contribution in [0, 0.1) is 5.41 Å². The molecule has 0 aliphatic heterocycles. The second kappa shape index (κ2) is 4.29. The minimum Gasteiger partial charge on any atom is -0.359 e. The van der Waals surface area contributed by atoms with Crippen LogP contribution in [0.4, 0.5) is 13.2 Å². The van der Waals surface area contributed by atoms with E-state index >= 15 is 0 Å². The molecule has 5 heteroatoms. The van der Waals surface area contributed by atoms with Gasteiger partial charge in [0, 0.05) is 0 Å². The summed E-state index contributed by atoms with van der Waals surface area (Å²) in [5.74, 6) is -3.08. The molecular weight excluding hydrogens is 209 g/mol. The maximum absolute atomic E-state index is 12.3. The third-order valence-corrected chi connectivity index (χ3v) is 2.94. The second-order valence-electron chi connectivity index (χ2n) is 4.58. The third kappa shape index (κ3) is 3.65. The quantitative estimate of drug-likeness (QED) is 0.749. The van der Waals surface area contributed by atoms with E-state index in [2.05, 4.69) is 4.74 Å². The summed E-state index contributed by atoms with van der Waals surface area (Å²) in [6, 6.07) is 0. The van der Waals surface area contributed by atoms with Gasteiger partial charge in [-0.1, -0.05) is 20.8 Å². The van der Waals surface area contributed by atoms with Crippen molar-refractivity contribution in [2.75, 3.05) is 0 Å². The number of halogens is 3. The fraction of sp³-hybridized carbons (Fsp3) is 1.00. The molecule has 15 heavy (non-hydrogen) atoms. The van der Waals surface area contributed by atoms with Crippen molar-refractivity contribution in [2.24, 2.45) is 5.41 Å². The summed E-state index contributed by atoms with van der Waals surface area (Å²) in [7, 11) is 0. The monoisotopic (exact) mass is 228 g/mol. The van der Waals surface area contributed by atoms with E-state index in [1.807, 2.05) is 6.92 Å². The number of hydrogen-bond acceptors (Lipinski definition) is 2. The zero-order chi connectivity index (χ0) is 12.5. The summed E-state index contributed by atoms with van der Waals surface area (Å²) in [6.45, 7) is 7.61. The van der Waals surface area contributed by atoms with Crippen molar-refractivity contribution in [2.45, 2.75) is 59.1 Å². The Morgan fingerprint density at radius 1 is 1.20 bits per heavy atom. The van der Waals surface area contributed by atoms with E-state index in [9.17, 15) is 13.2 Å². The minimum absolute atomic E-state index is 0.408. The molecule has 2 unspecified atom stereocenters. The molecule has 0 saturated heterocycles. The van der Waals surface area contributed by atoms with E-state index in [1.165, 1.54) is 6.92 Å². The molecule has 92 valence electrons. The highest BCUT2D eigenvalue weighted by Gasteiger charge is 2.53. The first-order chi connectivity index (χ1) is 6.44. The molecule has 0 aromatic heterocycles. The SMILES string of the molecule is CCC(C)(C)C(C)OC(C)(O)C(F)(F)F. The molecule has 2 nitrogen and oxygen atoms in total. The Kier molecular flexibility index (Phi) is 4.21. The molecule has 0 saturated carbocycles. The molecule has 0 rings (SSSR count). The van der Waals surface area contributed by atoms with Gasteiger partial charge in [-0.2, -0.15) is 13.2 Å². The van der Waals surface area contributed by atoms with Crippen molar-refractivity contribution < 1.29 is 23.0 Å². The van der Waals surface area contributed by atoms with Crippen LogP contribution in [0.15, 0.2) is 0 Å². The predicted octanol–water partition coefficient (Wildman–Crippen LogP) is 3.10. The van der Waals surface area contributed by atoms with Crippen LogP contribution in [-0.2, 0) is 4.74 Å². The highest BCUT2D eigenvalue weighted by Crippen LogP contribution is 2.36. The average Bonchev–Trinajstić information content (AvgIpc) is 2.01. The summed E-state index contributed by atoms with van der Waals surface area (Å²) in [5, 5.41) is 9.13. The molecule has 0 aromatic carbocycles. The van der Waals surface area contributed by atoms with Gasteiger partial charge in [0.25, 0.3) is 5.79 Å².